The fourth-order valence-corrected chi connectivity index (χ4v) is 4.98. The molecule has 3 nitrogen and oxygen atoms in total. The molecule has 0 spiro atoms. The average molecular weight is 465 g/mol. The molecule has 1 aliphatic carbocycles. The van der Waals surface area contributed by atoms with Gasteiger partial charge in [-0.2, -0.15) is 6.07 Å². The van der Waals surface area contributed by atoms with Gasteiger partial charge in [-0.25, -0.2) is 12.6 Å². The van der Waals surface area contributed by atoms with Crippen molar-refractivity contribution in [3.8, 4) is 11.3 Å². The molecule has 28 heavy (non-hydrogen) atoms. The topological polar surface area (TPSA) is 37.7 Å². The first-order valence-electron chi connectivity index (χ1n) is 9.39. The van der Waals surface area contributed by atoms with Gasteiger partial charge in [-0.05, 0) is 24.1 Å². The minimum Gasteiger partial charge on any atom is -0.464 e. The molecular formula is C23H22NO2SY-. The fourth-order valence-electron chi connectivity index (χ4n) is 4.31. The van der Waals surface area contributed by atoms with Gasteiger partial charge >= 0.3 is 0 Å². The summed E-state index contributed by atoms with van der Waals surface area (Å²) >= 11 is 1.67. The van der Waals surface area contributed by atoms with E-state index in [1.54, 1.807) is 17.6 Å². The molecule has 2 heterocycles. The summed E-state index contributed by atoms with van der Waals surface area (Å²) in [6, 6.07) is 16.1. The van der Waals surface area contributed by atoms with E-state index in [2.05, 4.69) is 28.4 Å². The number of thiophene rings is 1. The Labute approximate surface area is 195 Å². The van der Waals surface area contributed by atoms with Gasteiger partial charge in [0, 0.05) is 56.5 Å². The molecular weight excluding hydrogens is 443 g/mol. The van der Waals surface area contributed by atoms with Crippen LogP contribution in [-0.4, -0.2) is 17.3 Å². The predicted molar refractivity (Wildman–Crippen MR) is 107 cm³/mol. The standard InChI is InChI=1S/C23H22NO2S.Y/c1-24-20-15-21(25)23(19(20)7-2-5-18-6-4-14-27-18)17-11-9-16(10-12-17)22-8-3-13-26-22;/h3-4,6,8-13,19-21,23,25H,2,5,7,15H2;/q-1;/t19?,20-,21-,23?;/m1./s1. The molecule has 5 heteroatoms. The van der Waals surface area contributed by atoms with Crippen LogP contribution in [-0.2, 0) is 39.1 Å². The zero-order valence-corrected chi connectivity index (χ0v) is 19.3. The van der Waals surface area contributed by atoms with E-state index in [1.165, 1.54) is 4.88 Å². The third-order valence-electron chi connectivity index (χ3n) is 5.61. The first kappa shape index (κ1) is 21.5. The number of hydrogen-bond donors (Lipinski definition) is 1. The van der Waals surface area contributed by atoms with Crippen LogP contribution in [0, 0.1) is 17.9 Å². The van der Waals surface area contributed by atoms with E-state index in [1.807, 2.05) is 30.3 Å². The van der Waals surface area contributed by atoms with Crippen LogP contribution in [0.5, 0.6) is 0 Å². The summed E-state index contributed by atoms with van der Waals surface area (Å²) in [5.41, 5.74) is 2.15. The van der Waals surface area contributed by atoms with Gasteiger partial charge in [0.15, 0.2) is 0 Å². The molecule has 1 N–H and O–H groups in total. The van der Waals surface area contributed by atoms with Gasteiger partial charge in [0.2, 0.25) is 6.04 Å². The van der Waals surface area contributed by atoms with Crippen LogP contribution in [0.4, 0.5) is 0 Å². The Hall–Kier alpha value is -1.25. The van der Waals surface area contributed by atoms with Crippen molar-refractivity contribution in [2.75, 3.05) is 0 Å². The van der Waals surface area contributed by atoms with Crippen LogP contribution in [0.25, 0.3) is 16.2 Å². The molecule has 1 radical (unpaired) electrons. The summed E-state index contributed by atoms with van der Waals surface area (Å²) in [6.45, 7) is 7.57. The van der Waals surface area contributed by atoms with E-state index in [0.717, 1.165) is 36.1 Å². The summed E-state index contributed by atoms with van der Waals surface area (Å²) in [4.78, 5) is 5.18. The molecule has 1 saturated carbocycles. The van der Waals surface area contributed by atoms with Crippen LogP contribution in [0.2, 0.25) is 0 Å². The molecule has 1 fully saturated rings. The third kappa shape index (κ3) is 4.66. The summed E-state index contributed by atoms with van der Waals surface area (Å²) < 4.78 is 5.46. The zero-order chi connectivity index (χ0) is 18.6. The van der Waals surface area contributed by atoms with Gasteiger partial charge in [-0.15, -0.1) is 10.3 Å². The largest absolute Gasteiger partial charge is 0.464 e. The van der Waals surface area contributed by atoms with Gasteiger partial charge in [-0.1, -0.05) is 37.1 Å². The van der Waals surface area contributed by atoms with Crippen molar-refractivity contribution >= 4 is 11.3 Å². The van der Waals surface area contributed by atoms with Crippen molar-refractivity contribution < 1.29 is 42.2 Å². The molecule has 1 aliphatic rings. The summed E-state index contributed by atoms with van der Waals surface area (Å²) in [7, 11) is 0. The van der Waals surface area contributed by atoms with Crippen molar-refractivity contribution in [3.05, 3.63) is 82.0 Å². The van der Waals surface area contributed by atoms with Crippen molar-refractivity contribution in [1.29, 1.82) is 0 Å². The molecule has 0 amide bonds. The van der Waals surface area contributed by atoms with Crippen LogP contribution >= 0.6 is 11.3 Å². The van der Waals surface area contributed by atoms with Gasteiger partial charge in [0.05, 0.1) is 12.4 Å². The molecule has 4 rings (SSSR count). The minimum absolute atomic E-state index is 0. The van der Waals surface area contributed by atoms with Crippen molar-refractivity contribution in [1.82, 2.24) is 0 Å². The second kappa shape index (κ2) is 9.99. The Balaban J connectivity index is 0.00000225. The molecule has 141 valence electrons. The van der Waals surface area contributed by atoms with Crippen LogP contribution in [0.15, 0.2) is 59.2 Å². The smallest absolute Gasteiger partial charge is 0.229 e. The third-order valence-corrected chi connectivity index (χ3v) is 6.46. The minimum atomic E-state index is -0.446. The number of aryl methyl sites for hydroxylation is 1. The van der Waals surface area contributed by atoms with Gasteiger partial charge in [0.25, 0.3) is 0 Å². The molecule has 0 bridgehead atoms. The Bertz CT molecular complexity index is 884. The summed E-state index contributed by atoms with van der Waals surface area (Å²) in [5.74, 6) is 1.08. The zero-order valence-electron chi connectivity index (χ0n) is 15.6. The second-order valence-electron chi connectivity index (χ2n) is 7.20. The number of furan rings is 1. The number of rotatable bonds is 6. The van der Waals surface area contributed by atoms with Crippen LogP contribution < -0.4 is 0 Å². The fraction of sp³-hybridized carbons (Fsp3) is 0.348. The average Bonchev–Trinajstić information content (AvgIpc) is 3.44. The van der Waals surface area contributed by atoms with Crippen LogP contribution in [0.3, 0.4) is 0 Å². The van der Waals surface area contributed by atoms with E-state index >= 15 is 0 Å². The molecule has 2 unspecified atom stereocenters. The molecule has 0 aliphatic heterocycles. The Morgan fingerprint density at radius 3 is 2.68 bits per heavy atom. The maximum Gasteiger partial charge on any atom is 0.229 e. The molecule has 1 aromatic carbocycles. The summed E-state index contributed by atoms with van der Waals surface area (Å²) in [6.07, 6.45) is 4.83. The maximum absolute atomic E-state index is 10.7. The Morgan fingerprint density at radius 1 is 1.21 bits per heavy atom. The number of aliphatic hydroxyl groups excluding tert-OH is 1. The van der Waals surface area contributed by atoms with E-state index in [-0.39, 0.29) is 50.6 Å². The molecule has 2 aromatic heterocycles. The normalized spacial score (nSPS) is 23.9. The predicted octanol–water partition coefficient (Wildman–Crippen LogP) is 5.58. The second-order valence-corrected chi connectivity index (χ2v) is 8.16. The van der Waals surface area contributed by atoms with Crippen molar-refractivity contribution in [2.45, 2.75) is 43.7 Å². The van der Waals surface area contributed by atoms with Crippen molar-refractivity contribution in [3.63, 3.8) is 0 Å². The maximum atomic E-state index is 10.7. The molecule has 0 saturated heterocycles. The van der Waals surface area contributed by atoms with E-state index in [4.69, 9.17) is 11.0 Å². The Kier molecular flexibility index (Phi) is 7.65. The first-order chi connectivity index (χ1) is 13.3. The monoisotopic (exact) mass is 465 g/mol. The summed E-state index contributed by atoms with van der Waals surface area (Å²) in [5, 5.41) is 13.8. The van der Waals surface area contributed by atoms with Crippen molar-refractivity contribution in [2.24, 2.45) is 5.92 Å². The first-order valence-corrected chi connectivity index (χ1v) is 10.2. The number of benzene rings is 1. The van der Waals surface area contributed by atoms with Gasteiger partial charge in [0.1, 0.15) is 5.76 Å². The number of aliphatic hydroxyl groups is 1. The molecule has 3 aromatic rings. The van der Waals surface area contributed by atoms with E-state index < -0.39 is 6.10 Å². The SMILES string of the molecule is [C-]#[N+][C@@H]1C[C@@H](O)C(c2ccc(-c3ccco3)cc2)C1CCCc1cc[c-]s1.[Y]. The van der Waals surface area contributed by atoms with Gasteiger partial charge in [-0.3, -0.25) is 0 Å². The van der Waals surface area contributed by atoms with Gasteiger partial charge < -0.3 is 25.7 Å². The van der Waals surface area contributed by atoms with E-state index in [0.29, 0.717) is 6.42 Å². The number of nitrogens with zero attached hydrogens (tertiary/aromatic N) is 1. The Morgan fingerprint density at radius 2 is 2.04 bits per heavy atom. The molecule has 4 atom stereocenters. The number of hydrogen-bond acceptors (Lipinski definition) is 3. The van der Waals surface area contributed by atoms with E-state index in [9.17, 15) is 5.11 Å². The van der Waals surface area contributed by atoms with Crippen LogP contribution in [0.1, 0.15) is 35.6 Å². The quantitative estimate of drug-likeness (QED) is 0.483.